The molecule has 152 valence electrons. The van der Waals surface area contributed by atoms with E-state index in [-0.39, 0.29) is 12.5 Å². The molecule has 3 aromatic rings. The average Bonchev–Trinajstić information content (AvgIpc) is 3.11. The van der Waals surface area contributed by atoms with Crippen molar-refractivity contribution in [3.8, 4) is 10.4 Å². The largest absolute Gasteiger partial charge is 0.393 e. The van der Waals surface area contributed by atoms with Crippen LogP contribution >= 0.6 is 22.9 Å². The summed E-state index contributed by atoms with van der Waals surface area (Å²) in [4.78, 5) is 5.77. The summed E-state index contributed by atoms with van der Waals surface area (Å²) in [5.74, 6) is -2.03. The topological polar surface area (TPSA) is 62.6 Å². The number of halogens is 2. The third-order valence-electron chi connectivity index (χ3n) is 5.05. The van der Waals surface area contributed by atoms with E-state index in [4.69, 9.17) is 16.3 Å². The van der Waals surface area contributed by atoms with Crippen molar-refractivity contribution in [2.24, 2.45) is 0 Å². The Bertz CT molecular complexity index is 998. The van der Waals surface area contributed by atoms with Gasteiger partial charge in [0.1, 0.15) is 0 Å². The maximum absolute atomic E-state index is 13.0. The van der Waals surface area contributed by atoms with Crippen molar-refractivity contribution >= 4 is 22.9 Å². The molecule has 1 aromatic carbocycles. The Morgan fingerprint density at radius 1 is 1.28 bits per heavy atom. The first-order valence-corrected chi connectivity index (χ1v) is 10.6. The summed E-state index contributed by atoms with van der Waals surface area (Å²) >= 11 is 7.99. The van der Waals surface area contributed by atoms with Gasteiger partial charge >= 0.3 is 0 Å². The van der Waals surface area contributed by atoms with Crippen molar-refractivity contribution in [3.63, 3.8) is 0 Å². The SMILES string of the molecule is C[C@@H]1C[C@H](O)C[C@](O)(c2ccc(Cl)c(Cc3ccc(-c4ccc(F)nc4)s3)c2)O1. The third kappa shape index (κ3) is 4.52. The Morgan fingerprint density at radius 2 is 2.10 bits per heavy atom. The van der Waals surface area contributed by atoms with Crippen LogP contribution in [-0.2, 0) is 16.9 Å². The number of pyridine rings is 1. The van der Waals surface area contributed by atoms with Crippen LogP contribution in [0.5, 0.6) is 0 Å². The number of benzene rings is 1. The Labute approximate surface area is 177 Å². The summed E-state index contributed by atoms with van der Waals surface area (Å²) in [5.41, 5.74) is 2.30. The highest BCUT2D eigenvalue weighted by molar-refractivity contribution is 7.15. The molecule has 1 fully saturated rings. The van der Waals surface area contributed by atoms with Crippen molar-refractivity contribution in [1.29, 1.82) is 0 Å². The maximum atomic E-state index is 13.0. The Morgan fingerprint density at radius 3 is 2.83 bits per heavy atom. The van der Waals surface area contributed by atoms with Crippen molar-refractivity contribution in [1.82, 2.24) is 4.98 Å². The number of thiophene rings is 1. The summed E-state index contributed by atoms with van der Waals surface area (Å²) in [5, 5.41) is 21.6. The van der Waals surface area contributed by atoms with Crippen LogP contribution in [0.25, 0.3) is 10.4 Å². The highest BCUT2D eigenvalue weighted by Gasteiger charge is 2.39. The van der Waals surface area contributed by atoms with Crippen LogP contribution in [0, 0.1) is 5.95 Å². The van der Waals surface area contributed by atoms with Crippen molar-refractivity contribution in [2.75, 3.05) is 0 Å². The van der Waals surface area contributed by atoms with Gasteiger partial charge in [-0.2, -0.15) is 4.39 Å². The van der Waals surface area contributed by atoms with Crippen molar-refractivity contribution < 1.29 is 19.3 Å². The molecule has 1 saturated heterocycles. The number of ether oxygens (including phenoxy) is 1. The van der Waals surface area contributed by atoms with E-state index in [1.807, 2.05) is 25.1 Å². The van der Waals surface area contributed by atoms with E-state index in [1.165, 1.54) is 12.3 Å². The van der Waals surface area contributed by atoms with Crippen LogP contribution < -0.4 is 0 Å². The van der Waals surface area contributed by atoms with Crippen LogP contribution in [0.3, 0.4) is 0 Å². The van der Waals surface area contributed by atoms with E-state index < -0.39 is 17.8 Å². The highest BCUT2D eigenvalue weighted by atomic mass is 35.5. The fourth-order valence-corrected chi connectivity index (χ4v) is 4.90. The Hall–Kier alpha value is -1.83. The van der Waals surface area contributed by atoms with E-state index >= 15 is 0 Å². The molecule has 3 atom stereocenters. The first-order chi connectivity index (χ1) is 13.8. The number of aliphatic hydroxyl groups is 2. The first kappa shape index (κ1) is 20.4. The second-order valence-electron chi connectivity index (χ2n) is 7.43. The van der Waals surface area contributed by atoms with Crippen LogP contribution in [0.4, 0.5) is 4.39 Å². The van der Waals surface area contributed by atoms with Gasteiger partial charge < -0.3 is 14.9 Å². The Balaban J connectivity index is 1.58. The normalized spacial score (nSPS) is 24.6. The first-order valence-electron chi connectivity index (χ1n) is 9.40. The molecule has 2 N–H and O–H groups in total. The maximum Gasteiger partial charge on any atom is 0.212 e. The summed E-state index contributed by atoms with van der Waals surface area (Å²) in [6.45, 7) is 1.83. The lowest BCUT2D eigenvalue weighted by Gasteiger charge is -2.38. The molecular formula is C22H21ClFNO3S. The molecule has 4 rings (SSSR count). The second-order valence-corrected chi connectivity index (χ2v) is 9.00. The fraction of sp³-hybridized carbons (Fsp3) is 0.318. The zero-order valence-electron chi connectivity index (χ0n) is 15.8. The lowest BCUT2D eigenvalue weighted by atomic mass is 9.92. The molecule has 1 aliphatic heterocycles. The monoisotopic (exact) mass is 433 g/mol. The van der Waals surface area contributed by atoms with Crippen molar-refractivity contribution in [3.05, 3.63) is 75.6 Å². The third-order valence-corrected chi connectivity index (χ3v) is 6.55. The summed E-state index contributed by atoms with van der Waals surface area (Å²) in [6, 6.07) is 12.3. The van der Waals surface area contributed by atoms with Gasteiger partial charge in [-0.25, -0.2) is 4.98 Å². The minimum atomic E-state index is -1.53. The van der Waals surface area contributed by atoms with Crippen LogP contribution in [0.1, 0.15) is 35.8 Å². The molecule has 0 amide bonds. The van der Waals surface area contributed by atoms with E-state index in [2.05, 4.69) is 4.98 Å². The van der Waals surface area contributed by atoms with Gasteiger partial charge in [0, 0.05) is 44.9 Å². The number of aromatic nitrogens is 1. The molecular weight excluding hydrogens is 413 g/mol. The molecule has 29 heavy (non-hydrogen) atoms. The van der Waals surface area contributed by atoms with Gasteiger partial charge in [-0.05, 0) is 55.3 Å². The molecule has 4 nitrogen and oxygen atoms in total. The van der Waals surface area contributed by atoms with Crippen molar-refractivity contribution in [2.45, 2.75) is 44.2 Å². The summed E-state index contributed by atoms with van der Waals surface area (Å²) < 4.78 is 18.8. The van der Waals surface area contributed by atoms with Gasteiger partial charge in [-0.3, -0.25) is 0 Å². The average molecular weight is 434 g/mol. The zero-order valence-corrected chi connectivity index (χ0v) is 17.4. The number of aliphatic hydroxyl groups excluding tert-OH is 1. The minimum absolute atomic E-state index is 0.124. The molecule has 0 spiro atoms. The van der Waals surface area contributed by atoms with E-state index in [1.54, 1.807) is 29.5 Å². The molecule has 3 heterocycles. The lowest BCUT2D eigenvalue weighted by molar-refractivity contribution is -0.277. The standard InChI is InChI=1S/C22H21ClFNO3S/c1-13-8-17(26)11-22(27,28-13)16-3-5-19(23)15(9-16)10-18-4-6-20(29-18)14-2-7-21(24)25-12-14/h2-7,9,12-13,17,26-27H,8,10-11H2,1H3/t13-,17+,22-/m1/s1. The predicted octanol–water partition coefficient (Wildman–Crippen LogP) is 4.90. The number of rotatable bonds is 4. The molecule has 0 aliphatic carbocycles. The lowest BCUT2D eigenvalue weighted by Crippen LogP contribution is -2.43. The smallest absolute Gasteiger partial charge is 0.212 e. The molecule has 1 aliphatic rings. The van der Waals surface area contributed by atoms with Gasteiger partial charge in [-0.1, -0.05) is 17.7 Å². The molecule has 7 heteroatoms. The molecule has 0 bridgehead atoms. The van der Waals surface area contributed by atoms with E-state index in [9.17, 15) is 14.6 Å². The van der Waals surface area contributed by atoms with Crippen LogP contribution in [0.15, 0.2) is 48.7 Å². The Kier molecular flexibility index (Phi) is 5.73. The minimum Gasteiger partial charge on any atom is -0.393 e. The molecule has 0 radical (unpaired) electrons. The van der Waals surface area contributed by atoms with Gasteiger partial charge in [0.25, 0.3) is 0 Å². The quantitative estimate of drug-likeness (QED) is 0.574. The number of nitrogens with zero attached hydrogens (tertiary/aromatic N) is 1. The predicted molar refractivity (Wildman–Crippen MR) is 111 cm³/mol. The van der Waals surface area contributed by atoms with Crippen LogP contribution in [0.2, 0.25) is 5.02 Å². The van der Waals surface area contributed by atoms with Gasteiger partial charge in [0.05, 0.1) is 12.2 Å². The van der Waals surface area contributed by atoms with Gasteiger partial charge in [-0.15, -0.1) is 11.3 Å². The fourth-order valence-electron chi connectivity index (χ4n) is 3.69. The summed E-state index contributed by atoms with van der Waals surface area (Å²) in [6.07, 6.45) is 1.86. The van der Waals surface area contributed by atoms with E-state index in [0.29, 0.717) is 23.4 Å². The zero-order chi connectivity index (χ0) is 20.6. The summed E-state index contributed by atoms with van der Waals surface area (Å²) in [7, 11) is 0. The molecule has 2 aromatic heterocycles. The van der Waals surface area contributed by atoms with Gasteiger partial charge in [0.2, 0.25) is 5.95 Å². The van der Waals surface area contributed by atoms with E-state index in [0.717, 1.165) is 20.9 Å². The second kappa shape index (κ2) is 8.13. The van der Waals surface area contributed by atoms with Crippen LogP contribution in [-0.4, -0.2) is 27.4 Å². The van der Waals surface area contributed by atoms with Gasteiger partial charge in [0.15, 0.2) is 5.79 Å². The molecule has 0 unspecified atom stereocenters. The number of hydrogen-bond acceptors (Lipinski definition) is 5. The molecule has 0 saturated carbocycles. The number of hydrogen-bond donors (Lipinski definition) is 2. The highest BCUT2D eigenvalue weighted by Crippen LogP contribution is 2.38.